The van der Waals surface area contributed by atoms with E-state index < -0.39 is 12.0 Å². The fourth-order valence-electron chi connectivity index (χ4n) is 8.01. The van der Waals surface area contributed by atoms with E-state index in [-0.39, 0.29) is 47.1 Å². The molecule has 2 bridgehead atoms. The number of rotatable bonds is 6. The van der Waals surface area contributed by atoms with Crippen molar-refractivity contribution in [1.29, 1.82) is 0 Å². The number of pyridine rings is 1. The number of aromatic nitrogens is 3. The highest BCUT2D eigenvalue weighted by atomic mass is 35.5. The maximum atomic E-state index is 16.7. The van der Waals surface area contributed by atoms with Crippen molar-refractivity contribution in [2.24, 2.45) is 5.92 Å². The summed E-state index contributed by atoms with van der Waals surface area (Å²) in [7, 11) is 0. The van der Waals surface area contributed by atoms with Gasteiger partial charge in [-0.1, -0.05) is 18.5 Å². The highest BCUT2D eigenvalue weighted by Crippen LogP contribution is 2.53. The van der Waals surface area contributed by atoms with Gasteiger partial charge in [0.1, 0.15) is 35.6 Å². The van der Waals surface area contributed by atoms with Gasteiger partial charge in [0, 0.05) is 54.9 Å². The molecule has 0 spiro atoms. The molecule has 6 aliphatic rings. The van der Waals surface area contributed by atoms with Crippen molar-refractivity contribution in [3.8, 4) is 23.0 Å². The zero-order valence-electron chi connectivity index (χ0n) is 23.6. The predicted octanol–water partition coefficient (Wildman–Crippen LogP) is 5.21. The molecule has 1 aromatic carbocycles. The molecule has 5 aliphatic heterocycles. The van der Waals surface area contributed by atoms with Crippen LogP contribution in [0.1, 0.15) is 56.9 Å². The van der Waals surface area contributed by atoms with E-state index in [4.69, 9.17) is 21.3 Å². The number of nitrogens with one attached hydrogen (secondary N) is 1. The number of benzene rings is 1. The number of anilines is 1. The van der Waals surface area contributed by atoms with Gasteiger partial charge < -0.3 is 20.1 Å². The van der Waals surface area contributed by atoms with Crippen LogP contribution in [0.25, 0.3) is 22.2 Å². The maximum absolute atomic E-state index is 16.7. The number of alkyl halides is 1. The minimum absolute atomic E-state index is 0.0410. The van der Waals surface area contributed by atoms with Crippen LogP contribution in [0.3, 0.4) is 0 Å². The normalized spacial score (nSPS) is 32.1. The molecule has 1 saturated carbocycles. The first kappa shape index (κ1) is 26.8. The Labute approximate surface area is 248 Å². The Morgan fingerprint density at radius 3 is 2.83 bits per heavy atom. The summed E-state index contributed by atoms with van der Waals surface area (Å²) in [6.45, 7) is 5.27. The molecule has 9 rings (SSSR count). The van der Waals surface area contributed by atoms with Crippen LogP contribution in [0.4, 0.5) is 14.6 Å². The van der Waals surface area contributed by atoms with E-state index in [1.807, 2.05) is 0 Å². The number of fused-ring (bicyclic) bond motifs is 5. The molecule has 6 fully saturated rings. The van der Waals surface area contributed by atoms with Gasteiger partial charge in [0.05, 0.1) is 10.9 Å². The molecule has 11 heteroatoms. The fraction of sp³-hybridized carbons (Fsp3) is 0.581. The molecule has 5 saturated heterocycles. The van der Waals surface area contributed by atoms with Gasteiger partial charge >= 0.3 is 6.01 Å². The minimum atomic E-state index is -0.873. The highest BCUT2D eigenvalue weighted by molar-refractivity contribution is 6.32. The van der Waals surface area contributed by atoms with Crippen LogP contribution >= 0.6 is 11.6 Å². The lowest BCUT2D eigenvalue weighted by Crippen LogP contribution is -2.61. The lowest BCUT2D eigenvalue weighted by Gasteiger charge is -2.46. The molecule has 222 valence electrons. The predicted molar refractivity (Wildman–Crippen MR) is 157 cm³/mol. The van der Waals surface area contributed by atoms with Crippen LogP contribution in [-0.2, 0) is 0 Å². The number of halogens is 3. The molecule has 2 aromatic heterocycles. The van der Waals surface area contributed by atoms with Crippen molar-refractivity contribution in [3.05, 3.63) is 34.7 Å². The quantitative estimate of drug-likeness (QED) is 0.401. The van der Waals surface area contributed by atoms with Crippen molar-refractivity contribution < 1.29 is 18.6 Å². The molecule has 3 aromatic rings. The highest BCUT2D eigenvalue weighted by Gasteiger charge is 2.49. The molecule has 42 heavy (non-hydrogen) atoms. The van der Waals surface area contributed by atoms with Crippen LogP contribution < -0.4 is 15.0 Å². The van der Waals surface area contributed by atoms with Gasteiger partial charge in [-0.05, 0) is 68.2 Å². The second kappa shape index (κ2) is 9.86. The fourth-order valence-corrected chi connectivity index (χ4v) is 8.36. The van der Waals surface area contributed by atoms with Crippen LogP contribution in [0.2, 0.25) is 5.02 Å². The summed E-state index contributed by atoms with van der Waals surface area (Å²) in [5.41, 5.74) is 1.14. The van der Waals surface area contributed by atoms with E-state index in [9.17, 15) is 9.50 Å². The molecular formula is C31H35ClF2N6O2. The van der Waals surface area contributed by atoms with Gasteiger partial charge in [-0.25, -0.2) is 8.78 Å². The molecule has 8 nitrogen and oxygen atoms in total. The Balaban J connectivity index is 1.24. The average molecular weight is 597 g/mol. The summed E-state index contributed by atoms with van der Waals surface area (Å²) < 4.78 is 37.4. The van der Waals surface area contributed by atoms with Gasteiger partial charge in [-0.15, -0.1) is 0 Å². The summed E-state index contributed by atoms with van der Waals surface area (Å²) >= 11 is 6.60. The molecule has 0 radical (unpaired) electrons. The van der Waals surface area contributed by atoms with E-state index >= 15 is 4.39 Å². The molecule has 1 aliphatic carbocycles. The smallest absolute Gasteiger partial charge is 0.319 e. The number of ether oxygens (including phenoxy) is 1. The van der Waals surface area contributed by atoms with Crippen LogP contribution in [0, 0.1) is 11.7 Å². The van der Waals surface area contributed by atoms with Crippen molar-refractivity contribution in [2.45, 2.75) is 75.2 Å². The molecule has 0 amide bonds. The lowest BCUT2D eigenvalue weighted by molar-refractivity contribution is 0.107. The third kappa shape index (κ3) is 4.32. The average Bonchev–Trinajstić information content (AvgIpc) is 3.42. The number of phenols is 1. The van der Waals surface area contributed by atoms with Gasteiger partial charge in [0.2, 0.25) is 0 Å². The van der Waals surface area contributed by atoms with E-state index in [2.05, 4.69) is 32.0 Å². The number of nitrogens with zero attached hydrogens (tertiary/aromatic N) is 5. The Hall–Kier alpha value is -2.82. The van der Waals surface area contributed by atoms with Crippen LogP contribution in [0.15, 0.2) is 18.3 Å². The maximum Gasteiger partial charge on any atom is 0.319 e. The van der Waals surface area contributed by atoms with Gasteiger partial charge in [0.25, 0.3) is 0 Å². The Kier molecular flexibility index (Phi) is 6.28. The summed E-state index contributed by atoms with van der Waals surface area (Å²) in [6.07, 6.45) is 6.12. The van der Waals surface area contributed by atoms with E-state index in [0.717, 1.165) is 57.3 Å². The van der Waals surface area contributed by atoms with E-state index in [1.165, 1.54) is 6.07 Å². The number of hydrogen-bond donors (Lipinski definition) is 2. The monoisotopic (exact) mass is 596 g/mol. The number of hydrogen-bond acceptors (Lipinski definition) is 8. The zero-order chi connectivity index (χ0) is 28.7. The van der Waals surface area contributed by atoms with Crippen LogP contribution in [0.5, 0.6) is 11.8 Å². The summed E-state index contributed by atoms with van der Waals surface area (Å²) in [5, 5.41) is 14.9. The Bertz CT molecular complexity index is 1570. The van der Waals surface area contributed by atoms with E-state index in [1.54, 1.807) is 12.3 Å². The number of aromatic hydroxyl groups is 1. The topological polar surface area (TPSA) is 86.6 Å². The molecule has 7 heterocycles. The largest absolute Gasteiger partial charge is 0.508 e. The number of phenolic OH excluding ortho intramolecular Hbond substituents is 1. The zero-order valence-corrected chi connectivity index (χ0v) is 24.4. The van der Waals surface area contributed by atoms with Gasteiger partial charge in [0.15, 0.2) is 5.82 Å². The first-order valence-corrected chi connectivity index (χ1v) is 15.6. The standard InChI is InChI=1S/C31H35ClF2N6O2/c1-16-7-21(16)25-22(8-20(41)9-24(25)32)27-26(34)28-23(12-36-27)29(40-14-18-3-4-19(40)11-35-18)38-30(37-28)42-15-31-5-2-6-39(31)13-17(33)10-31/h8-9,12,16-19,21,35,41H,2-7,10-11,13-15H2,1H3/t16-,17+,18?,19?,21+,31-/m1/s1. The second-order valence-corrected chi connectivity index (χ2v) is 13.5. The van der Waals surface area contributed by atoms with Gasteiger partial charge in [-0.2, -0.15) is 9.97 Å². The lowest BCUT2D eigenvalue weighted by atomic mass is 9.92. The second-order valence-electron chi connectivity index (χ2n) is 13.1. The number of piperidine rings is 2. The Morgan fingerprint density at radius 1 is 1.24 bits per heavy atom. The third-order valence-electron chi connectivity index (χ3n) is 10.3. The molecule has 6 atom stereocenters. The molecular weight excluding hydrogens is 562 g/mol. The SMILES string of the molecule is C[C@@H]1C[C@@H]1c1c(Cl)cc(O)cc1-c1ncc2c(N3CC4CCC3CN4)nc(OC[C@]34CCCN3C[C@@H](F)C4)nc2c1F. The summed E-state index contributed by atoms with van der Waals surface area (Å²) in [5.74, 6) is 0.578. The first-order chi connectivity index (χ1) is 20.3. The van der Waals surface area contributed by atoms with Crippen LogP contribution in [-0.4, -0.2) is 81.5 Å². The Morgan fingerprint density at radius 2 is 2.10 bits per heavy atom. The first-order valence-electron chi connectivity index (χ1n) is 15.2. The molecule has 2 N–H and O–H groups in total. The van der Waals surface area contributed by atoms with Crippen molar-refractivity contribution >= 4 is 28.3 Å². The van der Waals surface area contributed by atoms with Crippen molar-refractivity contribution in [1.82, 2.24) is 25.2 Å². The van der Waals surface area contributed by atoms with Gasteiger partial charge in [-0.3, -0.25) is 9.88 Å². The molecule has 2 unspecified atom stereocenters. The minimum Gasteiger partial charge on any atom is -0.508 e. The number of piperazine rings is 1. The van der Waals surface area contributed by atoms with Crippen molar-refractivity contribution in [3.63, 3.8) is 0 Å². The summed E-state index contributed by atoms with van der Waals surface area (Å²) in [6, 6.07) is 3.70. The summed E-state index contributed by atoms with van der Waals surface area (Å²) in [4.78, 5) is 18.5. The van der Waals surface area contributed by atoms with Crippen molar-refractivity contribution in [2.75, 3.05) is 37.7 Å². The third-order valence-corrected chi connectivity index (χ3v) is 10.7. The van der Waals surface area contributed by atoms with E-state index in [0.29, 0.717) is 46.7 Å².